The number of carbonyl (C=O) groups is 1. The zero-order valence-electron chi connectivity index (χ0n) is 9.85. The normalized spacial score (nSPS) is 10.3. The maximum absolute atomic E-state index is 11.8. The summed E-state index contributed by atoms with van der Waals surface area (Å²) in [5.41, 5.74) is 7.86. The first-order chi connectivity index (χ1) is 8.54. The summed E-state index contributed by atoms with van der Waals surface area (Å²) in [5.74, 6) is -0.136. The maximum Gasteiger partial charge on any atom is 0.246 e. The number of aryl methyl sites for hydroxylation is 1. The molecule has 6 heteroatoms. The molecule has 94 valence electrons. The van der Waals surface area contributed by atoms with E-state index in [9.17, 15) is 4.79 Å². The van der Waals surface area contributed by atoms with Gasteiger partial charge in [-0.2, -0.15) is 5.10 Å². The Balaban J connectivity index is 2.03. The molecule has 0 spiro atoms. The molecule has 3 N–H and O–H groups in total. The van der Waals surface area contributed by atoms with Crippen molar-refractivity contribution >= 4 is 33.2 Å². The predicted molar refractivity (Wildman–Crippen MR) is 74.1 cm³/mol. The zero-order chi connectivity index (χ0) is 13.1. The lowest BCUT2D eigenvalue weighted by molar-refractivity contribution is -0.116. The number of carbonyl (C=O) groups excluding carboxylic acids is 1. The molecule has 2 aromatic rings. The van der Waals surface area contributed by atoms with Gasteiger partial charge in [0.1, 0.15) is 6.54 Å². The highest BCUT2D eigenvalue weighted by Gasteiger charge is 2.06. The Labute approximate surface area is 113 Å². The van der Waals surface area contributed by atoms with Gasteiger partial charge in [-0.3, -0.25) is 9.48 Å². The summed E-state index contributed by atoms with van der Waals surface area (Å²) in [6.45, 7) is 2.08. The SMILES string of the molecule is Cc1cc(Br)ccc1NC(=O)Cn1cc(N)cn1. The van der Waals surface area contributed by atoms with E-state index >= 15 is 0 Å². The number of nitrogens with one attached hydrogen (secondary N) is 1. The molecule has 1 amide bonds. The highest BCUT2D eigenvalue weighted by Crippen LogP contribution is 2.19. The molecule has 2 rings (SSSR count). The highest BCUT2D eigenvalue weighted by molar-refractivity contribution is 9.10. The van der Waals surface area contributed by atoms with E-state index in [4.69, 9.17) is 5.73 Å². The van der Waals surface area contributed by atoms with Crippen LogP contribution in [0.1, 0.15) is 5.56 Å². The molecule has 1 heterocycles. The number of hydrogen-bond donors (Lipinski definition) is 2. The third-order valence-corrected chi connectivity index (χ3v) is 2.91. The smallest absolute Gasteiger partial charge is 0.246 e. The van der Waals surface area contributed by atoms with Gasteiger partial charge in [0.25, 0.3) is 0 Å². The van der Waals surface area contributed by atoms with Crippen LogP contribution in [0.4, 0.5) is 11.4 Å². The molecule has 1 aromatic heterocycles. The topological polar surface area (TPSA) is 72.9 Å². The van der Waals surface area contributed by atoms with Crippen molar-refractivity contribution in [2.24, 2.45) is 0 Å². The van der Waals surface area contributed by atoms with Crippen LogP contribution in [-0.2, 0) is 11.3 Å². The summed E-state index contributed by atoms with van der Waals surface area (Å²) in [7, 11) is 0. The molecule has 5 nitrogen and oxygen atoms in total. The first-order valence-corrected chi connectivity index (χ1v) is 6.18. The van der Waals surface area contributed by atoms with Gasteiger partial charge < -0.3 is 11.1 Å². The van der Waals surface area contributed by atoms with Crippen LogP contribution >= 0.6 is 15.9 Å². The molecule has 0 aliphatic heterocycles. The van der Waals surface area contributed by atoms with E-state index in [0.29, 0.717) is 5.69 Å². The van der Waals surface area contributed by atoms with Crippen molar-refractivity contribution in [3.8, 4) is 0 Å². The number of nitrogens with zero attached hydrogens (tertiary/aromatic N) is 2. The van der Waals surface area contributed by atoms with Gasteiger partial charge in [-0.1, -0.05) is 15.9 Å². The lowest BCUT2D eigenvalue weighted by Gasteiger charge is -2.08. The van der Waals surface area contributed by atoms with E-state index in [1.54, 1.807) is 6.20 Å². The average molecular weight is 309 g/mol. The van der Waals surface area contributed by atoms with Crippen molar-refractivity contribution in [1.29, 1.82) is 0 Å². The molecule has 0 radical (unpaired) electrons. The fourth-order valence-corrected chi connectivity index (χ4v) is 2.05. The van der Waals surface area contributed by atoms with Crippen LogP contribution in [0.25, 0.3) is 0 Å². The van der Waals surface area contributed by atoms with Crippen LogP contribution in [0, 0.1) is 6.92 Å². The number of nitrogen functional groups attached to an aromatic ring is 1. The van der Waals surface area contributed by atoms with Gasteiger partial charge >= 0.3 is 0 Å². The first-order valence-electron chi connectivity index (χ1n) is 5.38. The van der Waals surface area contributed by atoms with Gasteiger partial charge in [-0.05, 0) is 30.7 Å². The highest BCUT2D eigenvalue weighted by atomic mass is 79.9. The monoisotopic (exact) mass is 308 g/mol. The molecule has 0 saturated carbocycles. The molecule has 0 fully saturated rings. The Bertz CT molecular complexity index is 579. The maximum atomic E-state index is 11.8. The van der Waals surface area contributed by atoms with Crippen molar-refractivity contribution in [3.63, 3.8) is 0 Å². The van der Waals surface area contributed by atoms with Crippen LogP contribution in [-0.4, -0.2) is 15.7 Å². The number of benzene rings is 1. The van der Waals surface area contributed by atoms with Gasteiger partial charge in [0.2, 0.25) is 5.91 Å². The average Bonchev–Trinajstić information content (AvgIpc) is 2.68. The van der Waals surface area contributed by atoms with Gasteiger partial charge in [0.15, 0.2) is 0 Å². The Morgan fingerprint density at radius 2 is 2.33 bits per heavy atom. The third-order valence-electron chi connectivity index (χ3n) is 2.42. The Morgan fingerprint density at radius 1 is 1.56 bits per heavy atom. The third kappa shape index (κ3) is 3.10. The van der Waals surface area contributed by atoms with Gasteiger partial charge in [-0.25, -0.2) is 0 Å². The van der Waals surface area contributed by atoms with Gasteiger partial charge in [-0.15, -0.1) is 0 Å². The number of hydrogen-bond acceptors (Lipinski definition) is 3. The van der Waals surface area contributed by atoms with Crippen LogP contribution in [0.3, 0.4) is 0 Å². The number of rotatable bonds is 3. The van der Waals surface area contributed by atoms with E-state index in [-0.39, 0.29) is 12.5 Å². The second kappa shape index (κ2) is 5.22. The zero-order valence-corrected chi connectivity index (χ0v) is 11.4. The summed E-state index contributed by atoms with van der Waals surface area (Å²) in [6.07, 6.45) is 3.13. The van der Waals surface area contributed by atoms with Gasteiger partial charge in [0.05, 0.1) is 11.9 Å². The lowest BCUT2D eigenvalue weighted by Crippen LogP contribution is -2.19. The number of aromatic nitrogens is 2. The molecule has 0 saturated heterocycles. The summed E-state index contributed by atoms with van der Waals surface area (Å²) in [5, 5.41) is 6.79. The number of nitrogens with two attached hydrogens (primary N) is 1. The van der Waals surface area contributed by atoms with Crippen molar-refractivity contribution < 1.29 is 4.79 Å². The van der Waals surface area contributed by atoms with Crippen molar-refractivity contribution in [1.82, 2.24) is 9.78 Å². The van der Waals surface area contributed by atoms with E-state index in [2.05, 4.69) is 26.3 Å². The molecular formula is C12H13BrN4O. The quantitative estimate of drug-likeness (QED) is 0.912. The summed E-state index contributed by atoms with van der Waals surface area (Å²) >= 11 is 3.38. The molecule has 0 bridgehead atoms. The van der Waals surface area contributed by atoms with Crippen LogP contribution in [0.2, 0.25) is 0 Å². The lowest BCUT2D eigenvalue weighted by atomic mass is 10.2. The molecule has 0 aliphatic rings. The fourth-order valence-electron chi connectivity index (χ4n) is 1.57. The Morgan fingerprint density at radius 3 is 2.94 bits per heavy atom. The summed E-state index contributed by atoms with van der Waals surface area (Å²) in [4.78, 5) is 11.8. The van der Waals surface area contributed by atoms with Crippen LogP contribution in [0.5, 0.6) is 0 Å². The molecule has 0 aliphatic carbocycles. The van der Waals surface area contributed by atoms with Crippen LogP contribution in [0.15, 0.2) is 35.1 Å². The Hall–Kier alpha value is -1.82. The van der Waals surface area contributed by atoms with E-state index in [1.165, 1.54) is 10.9 Å². The van der Waals surface area contributed by atoms with Crippen molar-refractivity contribution in [2.75, 3.05) is 11.1 Å². The standard InChI is InChI=1S/C12H13BrN4O/c1-8-4-9(13)2-3-11(8)16-12(18)7-17-6-10(14)5-15-17/h2-6H,7,14H2,1H3,(H,16,18). The largest absolute Gasteiger partial charge is 0.396 e. The minimum atomic E-state index is -0.136. The molecule has 18 heavy (non-hydrogen) atoms. The van der Waals surface area contributed by atoms with Crippen molar-refractivity contribution in [3.05, 3.63) is 40.6 Å². The first kappa shape index (κ1) is 12.6. The molecule has 0 atom stereocenters. The van der Waals surface area contributed by atoms with Crippen LogP contribution < -0.4 is 11.1 Å². The van der Waals surface area contributed by atoms with Gasteiger partial charge in [0, 0.05) is 16.4 Å². The summed E-state index contributed by atoms with van der Waals surface area (Å²) in [6, 6.07) is 5.69. The second-order valence-electron chi connectivity index (χ2n) is 3.98. The number of amides is 1. The second-order valence-corrected chi connectivity index (χ2v) is 4.89. The van der Waals surface area contributed by atoms with E-state index in [0.717, 1.165) is 15.7 Å². The number of anilines is 2. The molecular weight excluding hydrogens is 296 g/mol. The predicted octanol–water partition coefficient (Wildman–Crippen LogP) is 2.17. The Kier molecular flexibility index (Phi) is 3.66. The minimum absolute atomic E-state index is 0.136. The fraction of sp³-hybridized carbons (Fsp3) is 0.167. The van der Waals surface area contributed by atoms with E-state index in [1.807, 2.05) is 25.1 Å². The molecule has 0 unspecified atom stereocenters. The van der Waals surface area contributed by atoms with Crippen molar-refractivity contribution in [2.45, 2.75) is 13.5 Å². The van der Waals surface area contributed by atoms with E-state index < -0.39 is 0 Å². The number of halogens is 1. The summed E-state index contributed by atoms with van der Waals surface area (Å²) < 4.78 is 2.48. The molecule has 1 aromatic carbocycles. The minimum Gasteiger partial charge on any atom is -0.396 e.